The Morgan fingerprint density at radius 2 is 2.15 bits per heavy atom. The van der Waals surface area contributed by atoms with Crippen molar-refractivity contribution in [1.82, 2.24) is 5.32 Å². The molecule has 3 N–H and O–H groups in total. The van der Waals surface area contributed by atoms with E-state index < -0.39 is 0 Å². The van der Waals surface area contributed by atoms with E-state index in [-0.39, 0.29) is 17.4 Å². The molecule has 2 heterocycles. The average molecular weight is 289 g/mol. The van der Waals surface area contributed by atoms with Crippen molar-refractivity contribution in [2.24, 2.45) is 0 Å². The highest BCUT2D eigenvalue weighted by atomic mass is 32.1. The molecular weight excluding hydrogens is 270 g/mol. The van der Waals surface area contributed by atoms with Crippen LogP contribution in [0.25, 0.3) is 0 Å². The van der Waals surface area contributed by atoms with E-state index >= 15 is 0 Å². The van der Waals surface area contributed by atoms with Crippen LogP contribution in [-0.4, -0.2) is 16.8 Å². The molecule has 4 heteroatoms. The minimum Gasteiger partial charge on any atom is -0.504 e. The van der Waals surface area contributed by atoms with Crippen molar-refractivity contribution in [3.8, 4) is 11.5 Å². The van der Waals surface area contributed by atoms with Crippen LogP contribution in [0, 0.1) is 0 Å². The Kier molecular flexibility index (Phi) is 3.68. The van der Waals surface area contributed by atoms with E-state index in [2.05, 4.69) is 17.6 Å². The molecule has 1 aromatic heterocycles. The van der Waals surface area contributed by atoms with Crippen LogP contribution in [0.3, 0.4) is 0 Å². The topological polar surface area (TPSA) is 52.5 Å². The zero-order chi connectivity index (χ0) is 14.1. The molecule has 0 spiro atoms. The maximum Gasteiger partial charge on any atom is 0.157 e. The number of hydrogen-bond acceptors (Lipinski definition) is 4. The van der Waals surface area contributed by atoms with Crippen molar-refractivity contribution in [1.29, 1.82) is 0 Å². The lowest BCUT2D eigenvalue weighted by molar-refractivity contribution is 0.402. The van der Waals surface area contributed by atoms with Gasteiger partial charge in [-0.05, 0) is 40.6 Å². The van der Waals surface area contributed by atoms with Gasteiger partial charge >= 0.3 is 0 Å². The number of phenols is 2. The molecule has 1 aliphatic rings. The van der Waals surface area contributed by atoms with Crippen LogP contribution in [0.2, 0.25) is 0 Å². The predicted octanol–water partition coefficient (Wildman–Crippen LogP) is 3.35. The molecule has 0 unspecified atom stereocenters. The first kappa shape index (κ1) is 13.5. The number of benzene rings is 1. The number of hydrogen-bond donors (Lipinski definition) is 3. The van der Waals surface area contributed by atoms with Crippen molar-refractivity contribution >= 4 is 11.3 Å². The lowest BCUT2D eigenvalue weighted by Gasteiger charge is -2.26. The number of aryl methyl sites for hydroxylation is 1. The average Bonchev–Trinajstić information content (AvgIpc) is 2.86. The van der Waals surface area contributed by atoms with Gasteiger partial charge in [0.1, 0.15) is 0 Å². The Bertz CT molecular complexity index is 621. The fourth-order valence-corrected chi connectivity index (χ4v) is 4.06. The maximum absolute atomic E-state index is 9.73. The van der Waals surface area contributed by atoms with Gasteiger partial charge in [-0.3, -0.25) is 0 Å². The van der Waals surface area contributed by atoms with Gasteiger partial charge in [-0.25, -0.2) is 0 Å². The fraction of sp³-hybridized carbons (Fsp3) is 0.375. The highest BCUT2D eigenvalue weighted by molar-refractivity contribution is 7.10. The van der Waals surface area contributed by atoms with Crippen LogP contribution in [0.1, 0.15) is 40.8 Å². The minimum atomic E-state index is -0.0585. The monoisotopic (exact) mass is 289 g/mol. The third-order valence-corrected chi connectivity index (χ3v) is 4.94. The van der Waals surface area contributed by atoms with Gasteiger partial charge < -0.3 is 15.5 Å². The zero-order valence-corrected chi connectivity index (χ0v) is 12.3. The van der Waals surface area contributed by atoms with Crippen molar-refractivity contribution in [2.45, 2.75) is 32.2 Å². The number of thiophene rings is 1. The van der Waals surface area contributed by atoms with Crippen molar-refractivity contribution in [3.63, 3.8) is 0 Å². The maximum atomic E-state index is 9.73. The molecule has 1 atom stereocenters. The molecule has 0 saturated heterocycles. The fourth-order valence-electron chi connectivity index (χ4n) is 2.94. The lowest BCUT2D eigenvalue weighted by Crippen LogP contribution is -2.28. The molecule has 2 aromatic rings. The van der Waals surface area contributed by atoms with Crippen LogP contribution in [-0.2, 0) is 13.0 Å². The molecule has 106 valence electrons. The van der Waals surface area contributed by atoms with E-state index in [4.69, 9.17) is 0 Å². The Balaban J connectivity index is 2.04. The molecule has 20 heavy (non-hydrogen) atoms. The largest absolute Gasteiger partial charge is 0.504 e. The van der Waals surface area contributed by atoms with Crippen LogP contribution < -0.4 is 5.32 Å². The summed E-state index contributed by atoms with van der Waals surface area (Å²) in [6.07, 6.45) is 2.25. The second-order valence-corrected chi connectivity index (χ2v) is 6.24. The molecule has 1 aliphatic heterocycles. The van der Waals surface area contributed by atoms with Crippen LogP contribution in [0.4, 0.5) is 0 Å². The summed E-state index contributed by atoms with van der Waals surface area (Å²) in [7, 11) is 0. The van der Waals surface area contributed by atoms with Crippen molar-refractivity contribution in [3.05, 3.63) is 45.1 Å². The quantitative estimate of drug-likeness (QED) is 0.760. The molecular formula is C16H19NO2S. The standard InChI is InChI=1S/C16H19NO2S/c1-2-3-11-9-20-15-8-17-7-12(16(11)15)10-4-5-13(18)14(19)6-10/h4-6,9,12,17-19H,2-3,7-8H2,1H3/t12-/m1/s1. The summed E-state index contributed by atoms with van der Waals surface area (Å²) < 4.78 is 0. The second-order valence-electron chi connectivity index (χ2n) is 5.28. The number of phenolic OH excluding ortho intramolecular Hbond substituents is 2. The molecule has 3 rings (SSSR count). The number of aromatic hydroxyl groups is 2. The van der Waals surface area contributed by atoms with E-state index in [1.54, 1.807) is 12.1 Å². The Hall–Kier alpha value is -1.52. The summed E-state index contributed by atoms with van der Waals surface area (Å²) in [6.45, 7) is 4.02. The molecule has 0 bridgehead atoms. The summed E-state index contributed by atoms with van der Waals surface area (Å²) in [5.41, 5.74) is 3.93. The van der Waals surface area contributed by atoms with Gasteiger partial charge in [-0.15, -0.1) is 11.3 Å². The molecule has 0 fully saturated rings. The number of fused-ring (bicyclic) bond motifs is 1. The number of nitrogens with one attached hydrogen (secondary N) is 1. The molecule has 1 aromatic carbocycles. The van der Waals surface area contributed by atoms with Crippen molar-refractivity contribution in [2.75, 3.05) is 6.54 Å². The summed E-state index contributed by atoms with van der Waals surface area (Å²) in [5.74, 6) is 0.164. The predicted molar refractivity (Wildman–Crippen MR) is 81.6 cm³/mol. The van der Waals surface area contributed by atoms with Crippen LogP contribution in [0.15, 0.2) is 23.6 Å². The molecule has 0 saturated carbocycles. The van der Waals surface area contributed by atoms with Crippen molar-refractivity contribution < 1.29 is 10.2 Å². The minimum absolute atomic E-state index is 0.0399. The first-order valence-electron chi connectivity index (χ1n) is 7.02. The lowest BCUT2D eigenvalue weighted by atomic mass is 9.85. The molecule has 0 radical (unpaired) electrons. The highest BCUT2D eigenvalue weighted by Gasteiger charge is 2.26. The summed E-state index contributed by atoms with van der Waals surface area (Å²) in [5, 5.41) is 24.9. The van der Waals surface area contributed by atoms with E-state index in [0.717, 1.165) is 31.5 Å². The second kappa shape index (κ2) is 5.46. The Labute approximate surface area is 122 Å². The summed E-state index contributed by atoms with van der Waals surface area (Å²) in [6, 6.07) is 5.17. The molecule has 0 aliphatic carbocycles. The van der Waals surface area contributed by atoms with Gasteiger partial charge in [-0.2, -0.15) is 0 Å². The normalized spacial score (nSPS) is 17.9. The number of rotatable bonds is 3. The van der Waals surface area contributed by atoms with E-state index in [9.17, 15) is 10.2 Å². The first-order chi connectivity index (χ1) is 9.70. The first-order valence-corrected chi connectivity index (χ1v) is 7.90. The zero-order valence-electron chi connectivity index (χ0n) is 11.5. The smallest absolute Gasteiger partial charge is 0.157 e. The van der Waals surface area contributed by atoms with Gasteiger partial charge in [0.15, 0.2) is 11.5 Å². The van der Waals surface area contributed by atoms with Gasteiger partial charge in [0, 0.05) is 23.9 Å². The molecule has 0 amide bonds. The Morgan fingerprint density at radius 1 is 1.30 bits per heavy atom. The van der Waals surface area contributed by atoms with E-state index in [0.29, 0.717) is 0 Å². The van der Waals surface area contributed by atoms with Gasteiger partial charge in [-0.1, -0.05) is 19.4 Å². The van der Waals surface area contributed by atoms with Crippen LogP contribution in [0.5, 0.6) is 11.5 Å². The van der Waals surface area contributed by atoms with Gasteiger partial charge in [0.25, 0.3) is 0 Å². The summed E-state index contributed by atoms with van der Waals surface area (Å²) >= 11 is 1.82. The van der Waals surface area contributed by atoms with Gasteiger partial charge in [0.2, 0.25) is 0 Å². The van der Waals surface area contributed by atoms with Crippen LogP contribution >= 0.6 is 11.3 Å². The Morgan fingerprint density at radius 3 is 2.90 bits per heavy atom. The van der Waals surface area contributed by atoms with E-state index in [1.165, 1.54) is 16.0 Å². The highest BCUT2D eigenvalue weighted by Crippen LogP contribution is 2.39. The summed E-state index contributed by atoms with van der Waals surface area (Å²) in [4.78, 5) is 1.40. The molecule has 3 nitrogen and oxygen atoms in total. The SMILES string of the molecule is CCCc1csc2c1[C@@H](c1ccc(O)c(O)c1)CNC2. The third kappa shape index (κ3) is 2.30. The van der Waals surface area contributed by atoms with E-state index in [1.807, 2.05) is 17.4 Å². The third-order valence-electron chi connectivity index (χ3n) is 3.89. The van der Waals surface area contributed by atoms with Gasteiger partial charge in [0.05, 0.1) is 0 Å².